The summed E-state index contributed by atoms with van der Waals surface area (Å²) in [6.07, 6.45) is -3.12. The lowest BCUT2D eigenvalue weighted by Gasteiger charge is -2.17. The number of benzene rings is 1. The molecule has 3 rings (SSSR count). The molecular formula is C14H14F3N3O3S. The van der Waals surface area contributed by atoms with Crippen LogP contribution in [0.15, 0.2) is 29.3 Å². The monoisotopic (exact) mass is 361 g/mol. The number of anilines is 1. The van der Waals surface area contributed by atoms with Crippen LogP contribution in [0.2, 0.25) is 0 Å². The fourth-order valence-corrected chi connectivity index (χ4v) is 3.59. The largest absolute Gasteiger partial charge is 0.437 e. The van der Waals surface area contributed by atoms with Crippen molar-refractivity contribution in [1.29, 1.82) is 0 Å². The highest BCUT2D eigenvalue weighted by Gasteiger charge is 2.38. The molecule has 1 aromatic heterocycles. The van der Waals surface area contributed by atoms with E-state index in [0.29, 0.717) is 18.6 Å². The van der Waals surface area contributed by atoms with Crippen molar-refractivity contribution in [3.63, 3.8) is 0 Å². The molecule has 0 saturated heterocycles. The Morgan fingerprint density at radius 2 is 2.04 bits per heavy atom. The number of alkyl halides is 3. The SMILES string of the molecule is Cn1cc(NS(=O)(=O)c2ccc3c(c2)COCC3)c(C(F)(F)F)n1. The summed E-state index contributed by atoms with van der Waals surface area (Å²) in [4.78, 5) is -0.122. The topological polar surface area (TPSA) is 73.2 Å². The molecule has 6 nitrogen and oxygen atoms in total. The van der Waals surface area contributed by atoms with Crippen molar-refractivity contribution < 1.29 is 26.3 Å². The van der Waals surface area contributed by atoms with Gasteiger partial charge in [0, 0.05) is 13.2 Å². The molecule has 1 aliphatic heterocycles. The Hall–Kier alpha value is -2.07. The summed E-state index contributed by atoms with van der Waals surface area (Å²) < 4.78 is 71.8. The lowest BCUT2D eigenvalue weighted by atomic mass is 10.0. The first-order valence-electron chi connectivity index (χ1n) is 7.00. The number of halogens is 3. The van der Waals surface area contributed by atoms with E-state index in [9.17, 15) is 21.6 Å². The molecule has 0 radical (unpaired) electrons. The Morgan fingerprint density at radius 3 is 2.75 bits per heavy atom. The van der Waals surface area contributed by atoms with Gasteiger partial charge in [0.25, 0.3) is 10.0 Å². The van der Waals surface area contributed by atoms with Crippen LogP contribution in [-0.2, 0) is 41.0 Å². The molecule has 0 aliphatic carbocycles. The van der Waals surface area contributed by atoms with Crippen LogP contribution in [0.5, 0.6) is 0 Å². The van der Waals surface area contributed by atoms with Crippen LogP contribution in [-0.4, -0.2) is 24.8 Å². The molecule has 0 unspecified atom stereocenters. The van der Waals surface area contributed by atoms with Gasteiger partial charge in [0.05, 0.1) is 23.8 Å². The highest BCUT2D eigenvalue weighted by atomic mass is 32.2. The highest BCUT2D eigenvalue weighted by molar-refractivity contribution is 7.92. The second kappa shape index (κ2) is 5.78. The molecule has 0 amide bonds. The van der Waals surface area contributed by atoms with Crippen molar-refractivity contribution in [2.45, 2.75) is 24.1 Å². The van der Waals surface area contributed by atoms with Gasteiger partial charge in [-0.3, -0.25) is 9.40 Å². The summed E-state index contributed by atoms with van der Waals surface area (Å²) in [6.45, 7) is 0.835. The van der Waals surface area contributed by atoms with Gasteiger partial charge in [-0.15, -0.1) is 0 Å². The van der Waals surface area contributed by atoms with Crippen molar-refractivity contribution in [1.82, 2.24) is 9.78 Å². The molecule has 0 saturated carbocycles. The number of rotatable bonds is 3. The Bertz CT molecular complexity index is 875. The van der Waals surface area contributed by atoms with Crippen LogP contribution in [0.25, 0.3) is 0 Å². The number of sulfonamides is 1. The van der Waals surface area contributed by atoms with E-state index < -0.39 is 27.6 Å². The fraction of sp³-hybridized carbons (Fsp3) is 0.357. The first kappa shape index (κ1) is 16.8. The molecule has 10 heteroatoms. The van der Waals surface area contributed by atoms with E-state index in [1.807, 2.05) is 4.72 Å². The molecular weight excluding hydrogens is 347 g/mol. The maximum Gasteiger partial charge on any atom is 0.437 e. The number of hydrogen-bond donors (Lipinski definition) is 1. The average Bonchev–Trinajstić information content (AvgIpc) is 2.87. The number of aryl methyl sites for hydroxylation is 1. The minimum atomic E-state index is -4.76. The van der Waals surface area contributed by atoms with Gasteiger partial charge >= 0.3 is 6.18 Å². The molecule has 2 aromatic rings. The van der Waals surface area contributed by atoms with Gasteiger partial charge in [0.1, 0.15) is 0 Å². The summed E-state index contributed by atoms with van der Waals surface area (Å²) in [5, 5.41) is 3.27. The maximum atomic E-state index is 12.9. The number of nitrogens with zero attached hydrogens (tertiary/aromatic N) is 2. The molecule has 24 heavy (non-hydrogen) atoms. The predicted octanol–water partition coefficient (Wildman–Crippen LogP) is 2.31. The summed E-state index contributed by atoms with van der Waals surface area (Å²) in [6, 6.07) is 4.44. The lowest BCUT2D eigenvalue weighted by molar-refractivity contribution is -0.140. The van der Waals surface area contributed by atoms with Crippen LogP contribution in [0, 0.1) is 0 Å². The van der Waals surface area contributed by atoms with Crippen molar-refractivity contribution in [3.05, 3.63) is 41.2 Å². The maximum absolute atomic E-state index is 12.9. The summed E-state index contributed by atoms with van der Waals surface area (Å²) in [5.74, 6) is 0. The second-order valence-corrected chi connectivity index (χ2v) is 7.08. The van der Waals surface area contributed by atoms with Gasteiger partial charge in [0.2, 0.25) is 0 Å². The quantitative estimate of drug-likeness (QED) is 0.911. The van der Waals surface area contributed by atoms with E-state index in [4.69, 9.17) is 4.74 Å². The Morgan fingerprint density at radius 1 is 1.29 bits per heavy atom. The molecule has 2 heterocycles. The molecule has 130 valence electrons. The van der Waals surface area contributed by atoms with Crippen molar-refractivity contribution in [3.8, 4) is 0 Å². The molecule has 0 fully saturated rings. The number of ether oxygens (including phenoxy) is 1. The van der Waals surface area contributed by atoms with Crippen LogP contribution in [0.4, 0.5) is 18.9 Å². The van der Waals surface area contributed by atoms with E-state index in [-0.39, 0.29) is 11.5 Å². The summed E-state index contributed by atoms with van der Waals surface area (Å²) in [5.41, 5.74) is -0.210. The molecule has 0 spiro atoms. The van der Waals surface area contributed by atoms with Crippen molar-refractivity contribution >= 4 is 15.7 Å². The van der Waals surface area contributed by atoms with Gasteiger partial charge < -0.3 is 4.74 Å². The third-order valence-corrected chi connectivity index (χ3v) is 4.97. The van der Waals surface area contributed by atoms with Crippen LogP contribution in [0.1, 0.15) is 16.8 Å². The summed E-state index contributed by atoms with van der Waals surface area (Å²) >= 11 is 0. The lowest BCUT2D eigenvalue weighted by Crippen LogP contribution is -2.18. The zero-order chi connectivity index (χ0) is 17.5. The normalized spacial score (nSPS) is 15.2. The Balaban J connectivity index is 1.95. The molecule has 1 aliphatic rings. The van der Waals surface area contributed by atoms with Crippen molar-refractivity contribution in [2.75, 3.05) is 11.3 Å². The van der Waals surface area contributed by atoms with E-state index >= 15 is 0 Å². The van der Waals surface area contributed by atoms with Gasteiger partial charge in [-0.1, -0.05) is 6.07 Å². The van der Waals surface area contributed by atoms with Gasteiger partial charge in [-0.25, -0.2) is 8.42 Å². The van der Waals surface area contributed by atoms with Gasteiger partial charge in [0.15, 0.2) is 5.69 Å². The van der Waals surface area contributed by atoms with Crippen LogP contribution < -0.4 is 4.72 Å². The van der Waals surface area contributed by atoms with E-state index in [1.165, 1.54) is 19.2 Å². The Labute approximate surface area is 136 Å². The van der Waals surface area contributed by atoms with Gasteiger partial charge in [-0.2, -0.15) is 18.3 Å². The highest BCUT2D eigenvalue weighted by Crippen LogP contribution is 2.34. The zero-order valence-electron chi connectivity index (χ0n) is 12.6. The standard InChI is InChI=1S/C14H14F3N3O3S/c1-20-7-12(13(18-20)14(15,16)17)19-24(21,22)11-3-2-9-4-5-23-8-10(9)6-11/h2-3,6-7,19H,4-5,8H2,1H3. The van der Waals surface area contributed by atoms with E-state index in [1.54, 1.807) is 6.07 Å². The van der Waals surface area contributed by atoms with Gasteiger partial charge in [-0.05, 0) is 29.7 Å². The second-order valence-electron chi connectivity index (χ2n) is 5.40. The minimum Gasteiger partial charge on any atom is -0.376 e. The van der Waals surface area contributed by atoms with Crippen molar-refractivity contribution in [2.24, 2.45) is 7.05 Å². The number of aromatic nitrogens is 2. The van der Waals surface area contributed by atoms with E-state index in [2.05, 4.69) is 5.10 Å². The third kappa shape index (κ3) is 3.24. The average molecular weight is 361 g/mol. The number of nitrogens with one attached hydrogen (secondary N) is 1. The number of hydrogen-bond acceptors (Lipinski definition) is 4. The first-order valence-corrected chi connectivity index (χ1v) is 8.48. The van der Waals surface area contributed by atoms with Crippen LogP contribution >= 0.6 is 0 Å². The fourth-order valence-electron chi connectivity index (χ4n) is 2.49. The van der Waals surface area contributed by atoms with Crippen LogP contribution in [0.3, 0.4) is 0 Å². The predicted molar refractivity (Wildman–Crippen MR) is 78.8 cm³/mol. The first-order chi connectivity index (χ1) is 11.2. The van der Waals surface area contributed by atoms with E-state index in [0.717, 1.165) is 16.4 Å². The molecule has 0 bridgehead atoms. The third-order valence-electron chi connectivity index (χ3n) is 3.60. The summed E-state index contributed by atoms with van der Waals surface area (Å²) in [7, 11) is -2.89. The zero-order valence-corrected chi connectivity index (χ0v) is 13.4. The number of fused-ring (bicyclic) bond motifs is 1. The Kier molecular flexibility index (Phi) is 4.04. The molecule has 1 aromatic carbocycles. The smallest absolute Gasteiger partial charge is 0.376 e. The molecule has 1 N–H and O–H groups in total. The molecule has 0 atom stereocenters. The minimum absolute atomic E-state index is 0.122.